The molecule has 70 valence electrons. The quantitative estimate of drug-likeness (QED) is 0.785. The molecule has 0 spiro atoms. The van der Waals surface area contributed by atoms with Crippen LogP contribution in [0.2, 0.25) is 0 Å². The van der Waals surface area contributed by atoms with Gasteiger partial charge in [-0.15, -0.1) is 0 Å². The van der Waals surface area contributed by atoms with Gasteiger partial charge in [-0.2, -0.15) is 0 Å². The predicted octanol–water partition coefficient (Wildman–Crippen LogP) is 2.55. The van der Waals surface area contributed by atoms with E-state index in [4.69, 9.17) is 4.52 Å². The van der Waals surface area contributed by atoms with Gasteiger partial charge in [0.25, 0.3) is 0 Å². The molecule has 1 aromatic heterocycles. The van der Waals surface area contributed by atoms with Crippen molar-refractivity contribution in [3.8, 4) is 5.75 Å². The summed E-state index contributed by atoms with van der Waals surface area (Å²) in [4.78, 5) is 0. The summed E-state index contributed by atoms with van der Waals surface area (Å²) >= 11 is 0. The minimum atomic E-state index is 0.253. The summed E-state index contributed by atoms with van der Waals surface area (Å²) in [5, 5.41) is 13.0. The third-order valence-corrected chi connectivity index (χ3v) is 1.82. The molecule has 0 aliphatic rings. The van der Waals surface area contributed by atoms with Crippen molar-refractivity contribution in [1.82, 2.24) is 5.16 Å². The molecule has 3 heteroatoms. The van der Waals surface area contributed by atoms with Crippen LogP contribution in [0.3, 0.4) is 0 Å². The summed E-state index contributed by atoms with van der Waals surface area (Å²) in [6, 6.07) is 8.85. The third kappa shape index (κ3) is 1.82. The van der Waals surface area contributed by atoms with E-state index < -0.39 is 0 Å². The molecule has 0 fully saturated rings. The molecule has 2 rings (SSSR count). The molecule has 0 amide bonds. The maximum Gasteiger partial charge on any atom is 0.159 e. The fourth-order valence-electron chi connectivity index (χ4n) is 1.11. The fraction of sp³-hybridized carbons (Fsp3) is 0. The SMILES string of the molecule is Oc1ccccc1C=Cc1ccno1. The molecule has 1 heterocycles. The number of benzene rings is 1. The van der Waals surface area contributed by atoms with Crippen LogP contribution in [0, 0.1) is 0 Å². The molecule has 0 radical (unpaired) electrons. The first-order valence-corrected chi connectivity index (χ1v) is 4.23. The molecule has 0 unspecified atom stereocenters. The highest BCUT2D eigenvalue weighted by atomic mass is 16.5. The predicted molar refractivity (Wildman–Crippen MR) is 53.5 cm³/mol. The number of nitrogens with zero attached hydrogens (tertiary/aromatic N) is 1. The minimum Gasteiger partial charge on any atom is -0.507 e. The molecular formula is C11H9NO2. The summed E-state index contributed by atoms with van der Waals surface area (Å²) in [7, 11) is 0. The van der Waals surface area contributed by atoms with E-state index in [0.29, 0.717) is 5.76 Å². The fourth-order valence-corrected chi connectivity index (χ4v) is 1.11. The van der Waals surface area contributed by atoms with Crippen LogP contribution in [0.25, 0.3) is 12.2 Å². The molecule has 0 aliphatic carbocycles. The molecule has 0 aliphatic heterocycles. The zero-order chi connectivity index (χ0) is 9.80. The largest absolute Gasteiger partial charge is 0.507 e. The van der Waals surface area contributed by atoms with Gasteiger partial charge in [0.1, 0.15) is 5.75 Å². The van der Waals surface area contributed by atoms with E-state index in [1.54, 1.807) is 36.5 Å². The molecule has 0 saturated carbocycles. The van der Waals surface area contributed by atoms with Crippen LogP contribution >= 0.6 is 0 Å². The Hall–Kier alpha value is -2.03. The van der Waals surface area contributed by atoms with Gasteiger partial charge < -0.3 is 9.63 Å². The maximum atomic E-state index is 9.44. The van der Waals surface area contributed by atoms with Crippen molar-refractivity contribution in [1.29, 1.82) is 0 Å². The van der Waals surface area contributed by atoms with Gasteiger partial charge in [-0.25, -0.2) is 0 Å². The van der Waals surface area contributed by atoms with Crippen LogP contribution in [-0.2, 0) is 0 Å². The van der Waals surface area contributed by atoms with Crippen LogP contribution in [0.1, 0.15) is 11.3 Å². The Kier molecular flexibility index (Phi) is 2.32. The first-order valence-electron chi connectivity index (χ1n) is 4.23. The van der Waals surface area contributed by atoms with Crippen molar-refractivity contribution in [2.45, 2.75) is 0 Å². The Morgan fingerprint density at radius 3 is 2.71 bits per heavy atom. The summed E-state index contributed by atoms with van der Waals surface area (Å²) in [6.07, 6.45) is 5.10. The lowest BCUT2D eigenvalue weighted by molar-refractivity contribution is 0.413. The van der Waals surface area contributed by atoms with Gasteiger partial charge in [0.15, 0.2) is 5.76 Å². The van der Waals surface area contributed by atoms with Crippen molar-refractivity contribution in [3.63, 3.8) is 0 Å². The maximum absolute atomic E-state index is 9.44. The highest BCUT2D eigenvalue weighted by Gasteiger charge is 1.94. The Bertz CT molecular complexity index is 432. The summed E-state index contributed by atoms with van der Waals surface area (Å²) in [5.41, 5.74) is 0.754. The molecular weight excluding hydrogens is 178 g/mol. The van der Waals surface area contributed by atoms with Crippen molar-refractivity contribution in [2.24, 2.45) is 0 Å². The number of phenols is 1. The minimum absolute atomic E-state index is 0.253. The van der Waals surface area contributed by atoms with Gasteiger partial charge in [-0.1, -0.05) is 23.4 Å². The van der Waals surface area contributed by atoms with Crippen molar-refractivity contribution in [2.75, 3.05) is 0 Å². The van der Waals surface area contributed by atoms with Crippen molar-refractivity contribution < 1.29 is 9.63 Å². The number of hydrogen-bond donors (Lipinski definition) is 1. The highest BCUT2D eigenvalue weighted by molar-refractivity contribution is 5.70. The first kappa shape index (κ1) is 8.56. The van der Waals surface area contributed by atoms with Crippen LogP contribution in [0.15, 0.2) is 41.1 Å². The summed E-state index contributed by atoms with van der Waals surface area (Å²) < 4.78 is 4.88. The zero-order valence-electron chi connectivity index (χ0n) is 7.42. The van der Waals surface area contributed by atoms with E-state index in [0.717, 1.165) is 5.56 Å². The van der Waals surface area contributed by atoms with Crippen LogP contribution in [0.5, 0.6) is 5.75 Å². The van der Waals surface area contributed by atoms with E-state index >= 15 is 0 Å². The second kappa shape index (κ2) is 3.79. The average molecular weight is 187 g/mol. The van der Waals surface area contributed by atoms with Crippen LogP contribution in [0.4, 0.5) is 0 Å². The molecule has 0 bridgehead atoms. The van der Waals surface area contributed by atoms with Gasteiger partial charge in [-0.3, -0.25) is 0 Å². The summed E-state index contributed by atoms with van der Waals surface area (Å²) in [6.45, 7) is 0. The van der Waals surface area contributed by atoms with E-state index in [9.17, 15) is 5.11 Å². The van der Waals surface area contributed by atoms with Gasteiger partial charge in [-0.05, 0) is 18.2 Å². The van der Waals surface area contributed by atoms with Gasteiger partial charge in [0, 0.05) is 11.6 Å². The lowest BCUT2D eigenvalue weighted by Gasteiger charge is -1.95. The number of hydrogen-bond acceptors (Lipinski definition) is 3. The number of aromatic nitrogens is 1. The van der Waals surface area contributed by atoms with E-state index in [2.05, 4.69) is 5.16 Å². The van der Waals surface area contributed by atoms with Gasteiger partial charge >= 0.3 is 0 Å². The lowest BCUT2D eigenvalue weighted by Crippen LogP contribution is -1.72. The average Bonchev–Trinajstić information content (AvgIpc) is 2.69. The second-order valence-electron chi connectivity index (χ2n) is 2.81. The molecule has 0 atom stereocenters. The standard InChI is InChI=1S/C11H9NO2/c13-11-4-2-1-3-9(11)5-6-10-7-8-12-14-10/h1-8,13H. The molecule has 1 aromatic carbocycles. The second-order valence-corrected chi connectivity index (χ2v) is 2.81. The Morgan fingerprint density at radius 2 is 2.00 bits per heavy atom. The monoisotopic (exact) mass is 187 g/mol. The number of aromatic hydroxyl groups is 1. The van der Waals surface area contributed by atoms with Crippen LogP contribution < -0.4 is 0 Å². The molecule has 3 nitrogen and oxygen atoms in total. The zero-order valence-corrected chi connectivity index (χ0v) is 7.42. The van der Waals surface area contributed by atoms with E-state index in [1.165, 1.54) is 0 Å². The van der Waals surface area contributed by atoms with Gasteiger partial charge in [0.2, 0.25) is 0 Å². The first-order chi connectivity index (χ1) is 6.86. The smallest absolute Gasteiger partial charge is 0.159 e. The molecule has 1 N–H and O–H groups in total. The van der Waals surface area contributed by atoms with Crippen molar-refractivity contribution in [3.05, 3.63) is 47.9 Å². The van der Waals surface area contributed by atoms with E-state index in [1.807, 2.05) is 12.1 Å². The molecule has 14 heavy (non-hydrogen) atoms. The molecule has 2 aromatic rings. The lowest BCUT2D eigenvalue weighted by atomic mass is 10.2. The number of para-hydroxylation sites is 1. The number of rotatable bonds is 2. The topological polar surface area (TPSA) is 46.3 Å². The Morgan fingerprint density at radius 1 is 1.14 bits per heavy atom. The number of phenolic OH excluding ortho intramolecular Hbond substituents is 1. The third-order valence-electron chi connectivity index (χ3n) is 1.82. The Labute approximate surface area is 81.3 Å². The normalized spacial score (nSPS) is 10.9. The Balaban J connectivity index is 2.23. The van der Waals surface area contributed by atoms with Gasteiger partial charge in [0.05, 0.1) is 6.20 Å². The van der Waals surface area contributed by atoms with E-state index in [-0.39, 0.29) is 5.75 Å². The van der Waals surface area contributed by atoms with Crippen LogP contribution in [-0.4, -0.2) is 10.3 Å². The summed E-state index contributed by atoms with van der Waals surface area (Å²) in [5.74, 6) is 0.913. The molecule has 0 saturated heterocycles. The van der Waals surface area contributed by atoms with Crippen molar-refractivity contribution >= 4 is 12.2 Å². The highest BCUT2D eigenvalue weighted by Crippen LogP contribution is 2.18.